The Labute approximate surface area is 138 Å². The summed E-state index contributed by atoms with van der Waals surface area (Å²) in [6.45, 7) is 2.22. The fraction of sp³-hybridized carbons (Fsp3) is 0.526. The van der Waals surface area contributed by atoms with Gasteiger partial charge in [-0.25, -0.2) is 9.18 Å². The highest BCUT2D eigenvalue weighted by atomic mass is 19.1. The summed E-state index contributed by atoms with van der Waals surface area (Å²) in [7, 11) is 4.08. The number of hydrogen-bond donors (Lipinski definition) is 0. The van der Waals surface area contributed by atoms with Crippen LogP contribution in [-0.2, 0) is 9.53 Å². The highest BCUT2D eigenvalue weighted by Crippen LogP contribution is 2.39. The SMILES string of the molecule is CCOC(=O)C=C1CCC(C(c2cccc(F)c2)N(C)C)CC1. The van der Waals surface area contributed by atoms with E-state index < -0.39 is 0 Å². The van der Waals surface area contributed by atoms with Gasteiger partial charge in [-0.05, 0) is 70.3 Å². The second kappa shape index (κ2) is 8.25. The normalized spacial score (nSPS) is 19.5. The first-order chi connectivity index (χ1) is 11.0. The third-order valence-electron chi connectivity index (χ3n) is 4.47. The molecule has 4 heteroatoms. The lowest BCUT2D eigenvalue weighted by Gasteiger charge is -2.36. The van der Waals surface area contributed by atoms with Gasteiger partial charge in [-0.2, -0.15) is 0 Å². The van der Waals surface area contributed by atoms with Crippen molar-refractivity contribution in [3.63, 3.8) is 0 Å². The van der Waals surface area contributed by atoms with Crippen LogP contribution in [-0.4, -0.2) is 31.6 Å². The first-order valence-electron chi connectivity index (χ1n) is 8.29. The quantitative estimate of drug-likeness (QED) is 0.604. The van der Waals surface area contributed by atoms with Crippen LogP contribution in [0, 0.1) is 11.7 Å². The maximum atomic E-state index is 13.6. The van der Waals surface area contributed by atoms with Gasteiger partial charge in [0.15, 0.2) is 0 Å². The minimum absolute atomic E-state index is 0.187. The Morgan fingerprint density at radius 3 is 2.65 bits per heavy atom. The predicted molar refractivity (Wildman–Crippen MR) is 89.5 cm³/mol. The number of benzene rings is 1. The number of carbonyl (C=O) groups excluding carboxylic acids is 1. The fourth-order valence-corrected chi connectivity index (χ4v) is 3.50. The van der Waals surface area contributed by atoms with Gasteiger partial charge < -0.3 is 9.64 Å². The Kier molecular flexibility index (Phi) is 6.34. The Morgan fingerprint density at radius 2 is 2.09 bits per heavy atom. The van der Waals surface area contributed by atoms with Crippen molar-refractivity contribution in [2.45, 2.75) is 38.6 Å². The number of ether oxygens (including phenoxy) is 1. The van der Waals surface area contributed by atoms with Crippen LogP contribution in [0.25, 0.3) is 0 Å². The minimum atomic E-state index is -0.241. The summed E-state index contributed by atoms with van der Waals surface area (Å²) in [4.78, 5) is 13.7. The number of esters is 1. The molecule has 0 radical (unpaired) electrons. The maximum absolute atomic E-state index is 13.6. The standard InChI is InChI=1S/C19H26FNO2/c1-4-23-18(22)12-14-8-10-15(11-9-14)19(21(2)3)16-6-5-7-17(20)13-16/h5-7,12-13,15,19H,4,8-11H2,1-3H3. The molecule has 1 aliphatic carbocycles. The van der Waals surface area contributed by atoms with E-state index in [1.807, 2.05) is 27.1 Å². The highest BCUT2D eigenvalue weighted by Gasteiger charge is 2.28. The summed E-state index contributed by atoms with van der Waals surface area (Å²) in [5.41, 5.74) is 2.19. The van der Waals surface area contributed by atoms with Crippen LogP contribution < -0.4 is 0 Å². The molecule has 0 aromatic heterocycles. The lowest BCUT2D eigenvalue weighted by molar-refractivity contribution is -0.137. The molecular weight excluding hydrogens is 293 g/mol. The van der Waals surface area contributed by atoms with Crippen molar-refractivity contribution < 1.29 is 13.9 Å². The Morgan fingerprint density at radius 1 is 1.39 bits per heavy atom. The second-order valence-electron chi connectivity index (χ2n) is 6.36. The molecule has 0 aliphatic heterocycles. The molecule has 1 atom stereocenters. The van der Waals surface area contributed by atoms with E-state index in [1.54, 1.807) is 18.2 Å². The number of hydrogen-bond acceptors (Lipinski definition) is 3. The van der Waals surface area contributed by atoms with Crippen molar-refractivity contribution in [3.05, 3.63) is 47.3 Å². The summed E-state index contributed by atoms with van der Waals surface area (Å²) < 4.78 is 18.5. The summed E-state index contributed by atoms with van der Waals surface area (Å²) in [6.07, 6.45) is 5.47. The molecule has 23 heavy (non-hydrogen) atoms. The number of carbonyl (C=O) groups is 1. The third kappa shape index (κ3) is 4.90. The largest absolute Gasteiger partial charge is 0.463 e. The van der Waals surface area contributed by atoms with E-state index in [1.165, 1.54) is 6.07 Å². The van der Waals surface area contributed by atoms with E-state index in [2.05, 4.69) is 4.90 Å². The van der Waals surface area contributed by atoms with Gasteiger partial charge in [-0.1, -0.05) is 17.7 Å². The molecule has 0 saturated heterocycles. The van der Waals surface area contributed by atoms with Crippen LogP contribution in [0.15, 0.2) is 35.9 Å². The summed E-state index contributed by atoms with van der Waals surface area (Å²) in [5, 5.41) is 0. The molecular formula is C19H26FNO2. The van der Waals surface area contributed by atoms with E-state index in [9.17, 15) is 9.18 Å². The zero-order chi connectivity index (χ0) is 16.8. The number of nitrogens with zero attached hydrogens (tertiary/aromatic N) is 1. The van der Waals surface area contributed by atoms with Crippen molar-refractivity contribution in [1.82, 2.24) is 4.90 Å². The van der Waals surface area contributed by atoms with Crippen molar-refractivity contribution in [3.8, 4) is 0 Å². The molecule has 0 heterocycles. The van der Waals surface area contributed by atoms with E-state index in [0.29, 0.717) is 12.5 Å². The molecule has 3 nitrogen and oxygen atoms in total. The number of rotatable bonds is 5. The number of allylic oxidation sites excluding steroid dienone is 1. The topological polar surface area (TPSA) is 29.5 Å². The van der Waals surface area contributed by atoms with Gasteiger partial charge in [0, 0.05) is 12.1 Å². The van der Waals surface area contributed by atoms with Crippen LogP contribution in [0.5, 0.6) is 0 Å². The lowest BCUT2D eigenvalue weighted by atomic mass is 9.78. The van der Waals surface area contributed by atoms with Gasteiger partial charge in [-0.3, -0.25) is 0 Å². The first kappa shape index (κ1) is 17.7. The van der Waals surface area contributed by atoms with Gasteiger partial charge >= 0.3 is 5.97 Å². The molecule has 126 valence electrons. The van der Waals surface area contributed by atoms with Gasteiger partial charge in [0.2, 0.25) is 0 Å². The zero-order valence-corrected chi connectivity index (χ0v) is 14.2. The highest BCUT2D eigenvalue weighted by molar-refractivity contribution is 5.82. The second-order valence-corrected chi connectivity index (χ2v) is 6.36. The Balaban J connectivity index is 2.05. The van der Waals surface area contributed by atoms with Gasteiger partial charge in [0.25, 0.3) is 0 Å². The van der Waals surface area contributed by atoms with Crippen LogP contribution in [0.1, 0.15) is 44.2 Å². The molecule has 1 saturated carbocycles. The Hall–Kier alpha value is -1.68. The molecule has 1 aromatic carbocycles. The number of halogens is 1. The van der Waals surface area contributed by atoms with Crippen molar-refractivity contribution in [2.24, 2.45) is 5.92 Å². The molecule has 2 rings (SSSR count). The minimum Gasteiger partial charge on any atom is -0.463 e. The van der Waals surface area contributed by atoms with Gasteiger partial charge in [0.1, 0.15) is 5.82 Å². The predicted octanol–water partition coefficient (Wildman–Crippen LogP) is 4.11. The molecule has 0 N–H and O–H groups in total. The van der Waals surface area contributed by atoms with E-state index in [-0.39, 0.29) is 17.8 Å². The van der Waals surface area contributed by atoms with E-state index in [4.69, 9.17) is 4.74 Å². The first-order valence-corrected chi connectivity index (χ1v) is 8.29. The molecule has 1 aliphatic rings. The van der Waals surface area contributed by atoms with Crippen LogP contribution in [0.4, 0.5) is 4.39 Å². The summed E-state index contributed by atoms with van der Waals surface area (Å²) in [5.74, 6) is 0.0365. The van der Waals surface area contributed by atoms with E-state index in [0.717, 1.165) is 36.8 Å². The summed E-state index contributed by atoms with van der Waals surface area (Å²) in [6, 6.07) is 7.09. The van der Waals surface area contributed by atoms with Crippen LogP contribution in [0.2, 0.25) is 0 Å². The smallest absolute Gasteiger partial charge is 0.330 e. The van der Waals surface area contributed by atoms with Crippen LogP contribution >= 0.6 is 0 Å². The van der Waals surface area contributed by atoms with Crippen LogP contribution in [0.3, 0.4) is 0 Å². The van der Waals surface area contributed by atoms with Gasteiger partial charge in [-0.15, -0.1) is 0 Å². The molecule has 0 amide bonds. The fourth-order valence-electron chi connectivity index (χ4n) is 3.50. The third-order valence-corrected chi connectivity index (χ3v) is 4.47. The zero-order valence-electron chi connectivity index (χ0n) is 14.2. The monoisotopic (exact) mass is 319 g/mol. The van der Waals surface area contributed by atoms with Crippen molar-refractivity contribution >= 4 is 5.97 Å². The van der Waals surface area contributed by atoms with Crippen molar-refractivity contribution in [1.29, 1.82) is 0 Å². The molecule has 1 aromatic rings. The van der Waals surface area contributed by atoms with E-state index >= 15 is 0 Å². The summed E-state index contributed by atoms with van der Waals surface area (Å²) >= 11 is 0. The average molecular weight is 319 g/mol. The lowest BCUT2D eigenvalue weighted by Crippen LogP contribution is -2.29. The maximum Gasteiger partial charge on any atom is 0.330 e. The average Bonchev–Trinajstić information content (AvgIpc) is 2.49. The van der Waals surface area contributed by atoms with Gasteiger partial charge in [0.05, 0.1) is 6.61 Å². The molecule has 0 spiro atoms. The Bertz CT molecular complexity index is 558. The molecule has 1 fully saturated rings. The molecule has 0 bridgehead atoms. The molecule has 1 unspecified atom stereocenters. The van der Waals surface area contributed by atoms with Crippen molar-refractivity contribution in [2.75, 3.05) is 20.7 Å².